The van der Waals surface area contributed by atoms with Crippen LogP contribution in [0.5, 0.6) is 5.75 Å². The summed E-state index contributed by atoms with van der Waals surface area (Å²) in [5.74, 6) is 2.28. The van der Waals surface area contributed by atoms with E-state index in [4.69, 9.17) is 42.4 Å². The van der Waals surface area contributed by atoms with E-state index < -0.39 is 0 Å². The molecule has 3 aromatic rings. The first-order chi connectivity index (χ1) is 18.1. The quantitative estimate of drug-likeness (QED) is 0.335. The molecule has 0 atom stereocenters. The van der Waals surface area contributed by atoms with Gasteiger partial charge in [-0.25, -0.2) is 5.43 Å². The summed E-state index contributed by atoms with van der Waals surface area (Å²) in [7, 11) is 0. The lowest BCUT2D eigenvalue weighted by molar-refractivity contribution is 0.121. The molecular formula is C25H27Cl2N7O3. The summed E-state index contributed by atoms with van der Waals surface area (Å²) in [6.45, 7) is 5.79. The maximum absolute atomic E-state index is 6.25. The Morgan fingerprint density at radius 3 is 2.22 bits per heavy atom. The second-order valence-corrected chi connectivity index (χ2v) is 9.27. The summed E-state index contributed by atoms with van der Waals surface area (Å²) in [5, 5.41) is 5.52. The Morgan fingerprint density at radius 2 is 1.57 bits per heavy atom. The van der Waals surface area contributed by atoms with Crippen molar-refractivity contribution in [1.29, 1.82) is 0 Å². The van der Waals surface area contributed by atoms with Crippen molar-refractivity contribution in [3.8, 4) is 5.75 Å². The van der Waals surface area contributed by atoms with Crippen LogP contribution in [0.4, 0.5) is 17.8 Å². The normalized spacial score (nSPS) is 16.3. The average molecular weight is 544 g/mol. The zero-order valence-corrected chi connectivity index (χ0v) is 21.7. The fourth-order valence-electron chi connectivity index (χ4n) is 3.86. The van der Waals surface area contributed by atoms with Crippen LogP contribution >= 0.6 is 23.2 Å². The van der Waals surface area contributed by atoms with E-state index in [1.54, 1.807) is 18.3 Å². The number of halogens is 2. The molecule has 0 amide bonds. The van der Waals surface area contributed by atoms with Crippen LogP contribution in [0, 0.1) is 0 Å². The summed E-state index contributed by atoms with van der Waals surface area (Å²) >= 11 is 12.2. The molecule has 194 valence electrons. The lowest BCUT2D eigenvalue weighted by Crippen LogP contribution is -2.40. The van der Waals surface area contributed by atoms with Gasteiger partial charge in [0.1, 0.15) is 12.4 Å². The van der Waals surface area contributed by atoms with Gasteiger partial charge in [0.15, 0.2) is 0 Å². The van der Waals surface area contributed by atoms with Crippen LogP contribution in [0.15, 0.2) is 47.6 Å². The van der Waals surface area contributed by atoms with Crippen molar-refractivity contribution in [3.05, 3.63) is 63.6 Å². The Kier molecular flexibility index (Phi) is 8.52. The van der Waals surface area contributed by atoms with E-state index in [1.165, 1.54) is 0 Å². The Hall–Kier alpha value is -3.18. The SMILES string of the molecule is Clc1ccc(COc2cccc(C=NNc3nc(N4CCOCC4)nc(N4CCOCC4)n3)c2)c(Cl)c1. The van der Waals surface area contributed by atoms with E-state index in [-0.39, 0.29) is 0 Å². The fraction of sp³-hybridized carbons (Fsp3) is 0.360. The van der Waals surface area contributed by atoms with Crippen molar-refractivity contribution >= 4 is 47.3 Å². The molecule has 37 heavy (non-hydrogen) atoms. The van der Waals surface area contributed by atoms with Gasteiger partial charge in [-0.3, -0.25) is 0 Å². The lowest BCUT2D eigenvalue weighted by atomic mass is 10.2. The van der Waals surface area contributed by atoms with Gasteiger partial charge in [0, 0.05) is 41.8 Å². The molecule has 12 heteroatoms. The van der Waals surface area contributed by atoms with Gasteiger partial charge in [-0.15, -0.1) is 0 Å². The summed E-state index contributed by atoms with van der Waals surface area (Å²) in [5.41, 5.74) is 4.67. The molecule has 2 fully saturated rings. The van der Waals surface area contributed by atoms with E-state index in [0.29, 0.717) is 66.7 Å². The number of rotatable bonds is 8. The third-order valence-corrected chi connectivity index (χ3v) is 6.43. The van der Waals surface area contributed by atoms with E-state index in [2.05, 4.69) is 30.3 Å². The molecule has 0 bridgehead atoms. The Bertz CT molecular complexity index is 1200. The Morgan fingerprint density at radius 1 is 0.892 bits per heavy atom. The van der Waals surface area contributed by atoms with Gasteiger partial charge in [-0.1, -0.05) is 41.4 Å². The second-order valence-electron chi connectivity index (χ2n) is 8.42. The van der Waals surface area contributed by atoms with Crippen LogP contribution in [0.1, 0.15) is 11.1 Å². The van der Waals surface area contributed by atoms with E-state index in [0.717, 1.165) is 37.3 Å². The summed E-state index contributed by atoms with van der Waals surface area (Å²) < 4.78 is 16.9. The molecule has 2 aliphatic heterocycles. The number of nitrogens with zero attached hydrogens (tertiary/aromatic N) is 6. The van der Waals surface area contributed by atoms with Gasteiger partial charge in [0.2, 0.25) is 17.8 Å². The average Bonchev–Trinajstić information content (AvgIpc) is 2.94. The van der Waals surface area contributed by atoms with Crippen molar-refractivity contribution in [3.63, 3.8) is 0 Å². The number of hydrogen-bond acceptors (Lipinski definition) is 10. The number of ether oxygens (including phenoxy) is 3. The van der Waals surface area contributed by atoms with Crippen molar-refractivity contribution in [1.82, 2.24) is 15.0 Å². The molecule has 10 nitrogen and oxygen atoms in total. The van der Waals surface area contributed by atoms with Crippen molar-refractivity contribution < 1.29 is 14.2 Å². The second kappa shape index (κ2) is 12.4. The van der Waals surface area contributed by atoms with Gasteiger partial charge in [-0.05, 0) is 29.8 Å². The summed E-state index contributed by atoms with van der Waals surface area (Å²) in [6.07, 6.45) is 1.69. The largest absolute Gasteiger partial charge is 0.489 e. The highest BCUT2D eigenvalue weighted by Gasteiger charge is 2.20. The molecule has 2 saturated heterocycles. The van der Waals surface area contributed by atoms with Crippen LogP contribution in [-0.4, -0.2) is 73.8 Å². The highest BCUT2D eigenvalue weighted by Crippen LogP contribution is 2.23. The Balaban J connectivity index is 1.27. The number of morpholine rings is 2. The minimum Gasteiger partial charge on any atom is -0.489 e. The molecule has 1 N–H and O–H groups in total. The number of benzene rings is 2. The first kappa shape index (κ1) is 25.5. The maximum atomic E-state index is 6.25. The predicted octanol–water partition coefficient (Wildman–Crippen LogP) is 3.88. The van der Waals surface area contributed by atoms with Crippen LogP contribution in [-0.2, 0) is 16.1 Å². The molecular weight excluding hydrogens is 517 g/mol. The first-order valence-electron chi connectivity index (χ1n) is 12.0. The molecule has 0 saturated carbocycles. The fourth-order valence-corrected chi connectivity index (χ4v) is 4.33. The summed E-state index contributed by atoms with van der Waals surface area (Å²) in [6, 6.07) is 12.9. The molecule has 2 aromatic carbocycles. The molecule has 1 aromatic heterocycles. The van der Waals surface area contributed by atoms with Gasteiger partial charge in [-0.2, -0.15) is 20.1 Å². The molecule has 0 unspecified atom stereocenters. The van der Waals surface area contributed by atoms with Gasteiger partial charge < -0.3 is 24.0 Å². The number of anilines is 3. The van der Waals surface area contributed by atoms with Crippen molar-refractivity contribution in [2.24, 2.45) is 5.10 Å². The zero-order chi connectivity index (χ0) is 25.5. The van der Waals surface area contributed by atoms with Gasteiger partial charge in [0.25, 0.3) is 0 Å². The third-order valence-electron chi connectivity index (χ3n) is 5.85. The van der Waals surface area contributed by atoms with Crippen LogP contribution in [0.2, 0.25) is 10.0 Å². The first-order valence-corrected chi connectivity index (χ1v) is 12.8. The number of hydrazone groups is 1. The predicted molar refractivity (Wildman–Crippen MR) is 144 cm³/mol. The molecule has 0 spiro atoms. The maximum Gasteiger partial charge on any atom is 0.250 e. The monoisotopic (exact) mass is 543 g/mol. The van der Waals surface area contributed by atoms with E-state index in [9.17, 15) is 0 Å². The molecule has 0 aliphatic carbocycles. The highest BCUT2D eigenvalue weighted by atomic mass is 35.5. The highest BCUT2D eigenvalue weighted by molar-refractivity contribution is 6.35. The van der Waals surface area contributed by atoms with Gasteiger partial charge in [0.05, 0.1) is 32.6 Å². The molecule has 5 rings (SSSR count). The number of nitrogens with one attached hydrogen (secondary N) is 1. The van der Waals surface area contributed by atoms with Crippen LogP contribution in [0.25, 0.3) is 0 Å². The molecule has 0 radical (unpaired) electrons. The Labute approximate surface area is 225 Å². The van der Waals surface area contributed by atoms with Gasteiger partial charge >= 0.3 is 0 Å². The topological polar surface area (TPSA) is 97.2 Å². The minimum absolute atomic E-state index is 0.328. The zero-order valence-electron chi connectivity index (χ0n) is 20.1. The van der Waals surface area contributed by atoms with Crippen molar-refractivity contribution in [2.75, 3.05) is 67.8 Å². The molecule has 3 heterocycles. The number of hydrogen-bond donors (Lipinski definition) is 1. The van der Waals surface area contributed by atoms with Crippen molar-refractivity contribution in [2.45, 2.75) is 6.61 Å². The molecule has 2 aliphatic rings. The van der Waals surface area contributed by atoms with E-state index in [1.807, 2.05) is 30.3 Å². The van der Waals surface area contributed by atoms with E-state index >= 15 is 0 Å². The minimum atomic E-state index is 0.328. The number of aromatic nitrogens is 3. The summed E-state index contributed by atoms with van der Waals surface area (Å²) in [4.78, 5) is 18.1. The third kappa shape index (κ3) is 6.98. The smallest absolute Gasteiger partial charge is 0.250 e. The lowest BCUT2D eigenvalue weighted by Gasteiger charge is -2.30. The van der Waals surface area contributed by atoms with Crippen LogP contribution < -0.4 is 20.0 Å². The van der Waals surface area contributed by atoms with Crippen LogP contribution in [0.3, 0.4) is 0 Å². The standard InChI is InChI=1S/C25H27Cl2N7O3/c26-20-5-4-19(22(27)15-20)17-37-21-3-1-2-18(14-21)16-28-32-23-29-24(33-6-10-35-11-7-33)31-25(30-23)34-8-12-36-13-9-34/h1-5,14-16H,6-13,17H2,(H,29,30,31,32).